The molecule has 0 radical (unpaired) electrons. The van der Waals surface area contributed by atoms with E-state index >= 15 is 0 Å². The van der Waals surface area contributed by atoms with Gasteiger partial charge in [-0.05, 0) is 18.4 Å². The van der Waals surface area contributed by atoms with Gasteiger partial charge in [0.15, 0.2) is 11.0 Å². The highest BCUT2D eigenvalue weighted by atomic mass is 35.5. The Morgan fingerprint density at radius 3 is 2.91 bits per heavy atom. The van der Waals surface area contributed by atoms with E-state index in [-0.39, 0.29) is 6.10 Å². The molecule has 3 rings (SSSR count). The zero-order valence-corrected chi connectivity index (χ0v) is 14.0. The van der Waals surface area contributed by atoms with Crippen molar-refractivity contribution in [2.45, 2.75) is 18.9 Å². The zero-order valence-electron chi connectivity index (χ0n) is 13.2. The highest BCUT2D eigenvalue weighted by molar-refractivity contribution is 6.32. The first-order chi connectivity index (χ1) is 11.3. The van der Waals surface area contributed by atoms with E-state index in [4.69, 9.17) is 16.3 Å². The van der Waals surface area contributed by atoms with Crippen molar-refractivity contribution in [3.63, 3.8) is 0 Å². The predicted octanol–water partition coefficient (Wildman–Crippen LogP) is 3.01. The average molecular weight is 333 g/mol. The maximum atomic E-state index is 6.15. The van der Waals surface area contributed by atoms with Gasteiger partial charge in [-0.1, -0.05) is 41.9 Å². The number of rotatable bonds is 5. The Kier molecular flexibility index (Phi) is 5.31. The van der Waals surface area contributed by atoms with Crippen LogP contribution in [0.5, 0.6) is 0 Å². The first-order valence-corrected chi connectivity index (χ1v) is 8.24. The van der Waals surface area contributed by atoms with Gasteiger partial charge in [-0.15, -0.1) is 0 Å². The van der Waals surface area contributed by atoms with Crippen LogP contribution in [0.3, 0.4) is 0 Å². The monoisotopic (exact) mass is 332 g/mol. The van der Waals surface area contributed by atoms with Crippen LogP contribution in [0.25, 0.3) is 0 Å². The van der Waals surface area contributed by atoms with Crippen molar-refractivity contribution < 1.29 is 4.74 Å². The molecule has 1 saturated heterocycles. The Hall–Kier alpha value is -1.85. The van der Waals surface area contributed by atoms with Crippen molar-refractivity contribution in [1.82, 2.24) is 9.97 Å². The van der Waals surface area contributed by atoms with Gasteiger partial charge in [0, 0.05) is 20.1 Å². The molecule has 1 aromatic carbocycles. The minimum absolute atomic E-state index is 0.197. The lowest BCUT2D eigenvalue weighted by Gasteiger charge is -2.34. The van der Waals surface area contributed by atoms with Crippen molar-refractivity contribution in [3.8, 4) is 0 Å². The van der Waals surface area contributed by atoms with Crippen molar-refractivity contribution in [2.24, 2.45) is 0 Å². The molecule has 0 amide bonds. The third-order valence-electron chi connectivity index (χ3n) is 4.07. The highest BCUT2D eigenvalue weighted by Crippen LogP contribution is 2.30. The van der Waals surface area contributed by atoms with E-state index in [1.165, 1.54) is 11.9 Å². The summed E-state index contributed by atoms with van der Waals surface area (Å²) in [7, 11) is 1.83. The fourth-order valence-corrected chi connectivity index (χ4v) is 3.09. The largest absolute Gasteiger partial charge is 0.383 e. The van der Waals surface area contributed by atoms with E-state index in [1.54, 1.807) is 0 Å². The number of aryl methyl sites for hydroxylation is 1. The Labute approximate surface area is 141 Å². The fourth-order valence-electron chi connectivity index (χ4n) is 2.87. The molecule has 0 saturated carbocycles. The van der Waals surface area contributed by atoms with E-state index in [2.05, 4.69) is 44.5 Å². The molecule has 0 bridgehead atoms. The summed E-state index contributed by atoms with van der Waals surface area (Å²) in [5, 5.41) is 3.54. The van der Waals surface area contributed by atoms with Gasteiger partial charge in [0.2, 0.25) is 0 Å². The van der Waals surface area contributed by atoms with Crippen molar-refractivity contribution >= 4 is 23.1 Å². The van der Waals surface area contributed by atoms with Crippen LogP contribution in [0, 0.1) is 0 Å². The lowest BCUT2D eigenvalue weighted by molar-refractivity contribution is 0.0352. The van der Waals surface area contributed by atoms with Crippen LogP contribution in [-0.4, -0.2) is 42.8 Å². The number of aromatic nitrogens is 2. The number of benzene rings is 1. The SMILES string of the molecule is CNc1c(Cl)ncnc1N1CCOC(CCc2ccccc2)C1. The summed E-state index contributed by atoms with van der Waals surface area (Å²) in [4.78, 5) is 10.7. The number of hydrogen-bond donors (Lipinski definition) is 1. The zero-order chi connectivity index (χ0) is 16.1. The number of nitrogens with one attached hydrogen (secondary N) is 1. The van der Waals surface area contributed by atoms with Crippen LogP contribution in [0.1, 0.15) is 12.0 Å². The molecule has 2 heterocycles. The van der Waals surface area contributed by atoms with Gasteiger partial charge in [0.05, 0.1) is 12.7 Å². The van der Waals surface area contributed by atoms with Gasteiger partial charge >= 0.3 is 0 Å². The lowest BCUT2D eigenvalue weighted by Crippen LogP contribution is -2.43. The van der Waals surface area contributed by atoms with Gasteiger partial charge in [-0.25, -0.2) is 9.97 Å². The van der Waals surface area contributed by atoms with Crippen LogP contribution >= 0.6 is 11.6 Å². The summed E-state index contributed by atoms with van der Waals surface area (Å²) >= 11 is 6.15. The summed E-state index contributed by atoms with van der Waals surface area (Å²) in [5.74, 6) is 0.848. The second kappa shape index (κ2) is 7.62. The predicted molar refractivity (Wildman–Crippen MR) is 93.3 cm³/mol. The molecule has 2 aromatic rings. The maximum absolute atomic E-state index is 6.15. The number of anilines is 2. The molecule has 1 aliphatic heterocycles. The van der Waals surface area contributed by atoms with Crippen molar-refractivity contribution in [3.05, 3.63) is 47.4 Å². The van der Waals surface area contributed by atoms with Gasteiger partial charge < -0.3 is 15.0 Å². The molecule has 0 spiro atoms. The van der Waals surface area contributed by atoms with E-state index in [9.17, 15) is 0 Å². The number of ether oxygens (including phenoxy) is 1. The third kappa shape index (κ3) is 3.92. The van der Waals surface area contributed by atoms with Crippen LogP contribution in [0.15, 0.2) is 36.7 Å². The Balaban J connectivity index is 1.65. The molecule has 5 nitrogen and oxygen atoms in total. The van der Waals surface area contributed by atoms with Gasteiger partial charge in [0.1, 0.15) is 12.0 Å². The molecular weight excluding hydrogens is 312 g/mol. The number of hydrogen-bond acceptors (Lipinski definition) is 5. The summed E-state index contributed by atoms with van der Waals surface area (Å²) in [6, 6.07) is 10.5. The molecule has 6 heteroatoms. The van der Waals surface area contributed by atoms with E-state index in [1.807, 2.05) is 13.1 Å². The molecule has 1 fully saturated rings. The Morgan fingerprint density at radius 2 is 2.13 bits per heavy atom. The molecule has 1 N–H and O–H groups in total. The summed E-state index contributed by atoms with van der Waals surface area (Å²) < 4.78 is 5.92. The summed E-state index contributed by atoms with van der Waals surface area (Å²) in [5.41, 5.74) is 2.12. The second-order valence-electron chi connectivity index (χ2n) is 5.58. The van der Waals surface area contributed by atoms with Crippen LogP contribution in [0.2, 0.25) is 5.15 Å². The highest BCUT2D eigenvalue weighted by Gasteiger charge is 2.24. The summed E-state index contributed by atoms with van der Waals surface area (Å²) in [6.45, 7) is 2.32. The van der Waals surface area contributed by atoms with Crippen LogP contribution in [0.4, 0.5) is 11.5 Å². The second-order valence-corrected chi connectivity index (χ2v) is 5.93. The smallest absolute Gasteiger partial charge is 0.157 e. The minimum atomic E-state index is 0.197. The number of morpholine rings is 1. The first kappa shape index (κ1) is 16.0. The molecule has 0 aliphatic carbocycles. The fraction of sp³-hybridized carbons (Fsp3) is 0.412. The quantitative estimate of drug-likeness (QED) is 0.853. The number of halogens is 1. The molecule has 122 valence electrons. The van der Waals surface area contributed by atoms with Crippen LogP contribution < -0.4 is 10.2 Å². The lowest BCUT2D eigenvalue weighted by atomic mass is 10.1. The van der Waals surface area contributed by atoms with Crippen molar-refractivity contribution in [1.29, 1.82) is 0 Å². The molecule has 1 unspecified atom stereocenters. The van der Waals surface area contributed by atoms with Gasteiger partial charge in [-0.3, -0.25) is 0 Å². The molecule has 1 aliphatic rings. The number of nitrogens with zero attached hydrogens (tertiary/aromatic N) is 3. The van der Waals surface area contributed by atoms with E-state index in [0.717, 1.165) is 37.4 Å². The minimum Gasteiger partial charge on any atom is -0.383 e. The van der Waals surface area contributed by atoms with E-state index in [0.29, 0.717) is 11.8 Å². The average Bonchev–Trinajstić information content (AvgIpc) is 2.61. The van der Waals surface area contributed by atoms with Crippen LogP contribution in [-0.2, 0) is 11.2 Å². The first-order valence-electron chi connectivity index (χ1n) is 7.86. The standard InChI is InChI=1S/C17H21ClN4O/c1-19-15-16(18)20-12-21-17(15)22-9-10-23-14(11-22)8-7-13-5-3-2-4-6-13/h2-6,12,14,19H,7-11H2,1H3. The van der Waals surface area contributed by atoms with Gasteiger partial charge in [-0.2, -0.15) is 0 Å². The molecular formula is C17H21ClN4O. The van der Waals surface area contributed by atoms with Crippen molar-refractivity contribution in [2.75, 3.05) is 37.0 Å². The Morgan fingerprint density at radius 1 is 1.30 bits per heavy atom. The topological polar surface area (TPSA) is 50.3 Å². The molecule has 1 atom stereocenters. The Bertz CT molecular complexity index is 638. The van der Waals surface area contributed by atoms with Gasteiger partial charge in [0.25, 0.3) is 0 Å². The molecule has 1 aromatic heterocycles. The molecule has 23 heavy (non-hydrogen) atoms. The normalized spacial score (nSPS) is 18.0. The maximum Gasteiger partial charge on any atom is 0.157 e. The summed E-state index contributed by atoms with van der Waals surface area (Å²) in [6.07, 6.45) is 3.71. The third-order valence-corrected chi connectivity index (χ3v) is 4.35. The van der Waals surface area contributed by atoms with E-state index < -0.39 is 0 Å².